The highest BCUT2D eigenvalue weighted by Gasteiger charge is 2.50. The molecule has 158 valence electrons. The number of benzene rings is 1. The zero-order chi connectivity index (χ0) is 20.7. The summed E-state index contributed by atoms with van der Waals surface area (Å²) in [6, 6.07) is 5.73. The number of hydrogen-bond acceptors (Lipinski definition) is 4. The predicted octanol–water partition coefficient (Wildman–Crippen LogP) is 2.73. The zero-order valence-corrected chi connectivity index (χ0v) is 17.1. The van der Waals surface area contributed by atoms with Gasteiger partial charge in [-0.2, -0.15) is 5.10 Å². The minimum Gasteiger partial charge on any atom is -0.508 e. The lowest BCUT2D eigenvalue weighted by Crippen LogP contribution is -2.41. The summed E-state index contributed by atoms with van der Waals surface area (Å²) in [5.74, 6) is 0.180. The van der Waals surface area contributed by atoms with Crippen molar-refractivity contribution in [3.8, 4) is 5.75 Å². The molecule has 0 atom stereocenters. The van der Waals surface area contributed by atoms with Crippen molar-refractivity contribution in [2.75, 3.05) is 6.54 Å². The Morgan fingerprint density at radius 2 is 2.00 bits per heavy atom. The third kappa shape index (κ3) is 3.68. The van der Waals surface area contributed by atoms with Crippen LogP contribution in [0.5, 0.6) is 5.75 Å². The molecule has 1 aliphatic heterocycles. The summed E-state index contributed by atoms with van der Waals surface area (Å²) in [4.78, 5) is 27.3. The van der Waals surface area contributed by atoms with Crippen molar-refractivity contribution in [3.63, 3.8) is 0 Å². The Morgan fingerprint density at radius 1 is 1.20 bits per heavy atom. The number of phenols is 1. The molecule has 2 heterocycles. The van der Waals surface area contributed by atoms with Crippen molar-refractivity contribution in [2.24, 2.45) is 0 Å². The maximum absolute atomic E-state index is 13.1. The van der Waals surface area contributed by atoms with E-state index < -0.39 is 0 Å². The molecule has 2 saturated carbocycles. The standard InChI is InChI=1S/C23H28N4O3/c28-19-7-6-16-12-26(15-23(8-9-23)20(16)10-19)22(30)17-11-24-27(13-17)14-21(29)25-18-4-2-1-3-5-18/h6-7,10-11,13,18,28H,1-5,8-9,12,14-15H2,(H,25,29). The Hall–Kier alpha value is -2.83. The number of phenolic OH excluding ortho intramolecular Hbond substituents is 1. The number of aromatic nitrogens is 2. The number of aromatic hydroxyl groups is 1. The molecule has 2 N–H and O–H groups in total. The van der Waals surface area contributed by atoms with E-state index in [4.69, 9.17) is 0 Å². The van der Waals surface area contributed by atoms with Crippen molar-refractivity contribution >= 4 is 11.8 Å². The second-order valence-electron chi connectivity index (χ2n) is 9.11. The molecule has 0 saturated heterocycles. The van der Waals surface area contributed by atoms with Gasteiger partial charge in [0.05, 0.1) is 11.8 Å². The van der Waals surface area contributed by atoms with Crippen molar-refractivity contribution in [1.82, 2.24) is 20.0 Å². The quantitative estimate of drug-likeness (QED) is 0.814. The fourth-order valence-corrected chi connectivity index (χ4v) is 5.04. The topological polar surface area (TPSA) is 87.5 Å². The smallest absolute Gasteiger partial charge is 0.257 e. The molecule has 0 bridgehead atoms. The molecular weight excluding hydrogens is 380 g/mol. The Labute approximate surface area is 176 Å². The van der Waals surface area contributed by atoms with Gasteiger partial charge in [-0.1, -0.05) is 25.3 Å². The van der Waals surface area contributed by atoms with E-state index in [1.807, 2.05) is 17.0 Å². The molecule has 2 fully saturated rings. The summed E-state index contributed by atoms with van der Waals surface area (Å²) < 4.78 is 1.55. The fraction of sp³-hybridized carbons (Fsp3) is 0.522. The van der Waals surface area contributed by atoms with Gasteiger partial charge < -0.3 is 15.3 Å². The second kappa shape index (κ2) is 7.45. The molecule has 30 heavy (non-hydrogen) atoms. The summed E-state index contributed by atoms with van der Waals surface area (Å²) >= 11 is 0. The number of carbonyl (C=O) groups is 2. The summed E-state index contributed by atoms with van der Waals surface area (Å²) in [6.45, 7) is 1.33. The van der Waals surface area contributed by atoms with Gasteiger partial charge in [0, 0.05) is 30.7 Å². The number of nitrogens with zero attached hydrogens (tertiary/aromatic N) is 3. The van der Waals surface area contributed by atoms with Crippen LogP contribution in [0.1, 0.15) is 66.4 Å². The van der Waals surface area contributed by atoms with E-state index in [9.17, 15) is 14.7 Å². The monoisotopic (exact) mass is 408 g/mol. The van der Waals surface area contributed by atoms with Crippen LogP contribution in [0.25, 0.3) is 0 Å². The molecule has 5 rings (SSSR count). The van der Waals surface area contributed by atoms with Gasteiger partial charge in [-0.3, -0.25) is 14.3 Å². The van der Waals surface area contributed by atoms with Gasteiger partial charge >= 0.3 is 0 Å². The molecular formula is C23H28N4O3. The van der Waals surface area contributed by atoms with E-state index in [-0.39, 0.29) is 35.6 Å². The van der Waals surface area contributed by atoms with Crippen LogP contribution >= 0.6 is 0 Å². The van der Waals surface area contributed by atoms with Gasteiger partial charge in [-0.15, -0.1) is 0 Å². The number of hydrogen-bond donors (Lipinski definition) is 2. The van der Waals surface area contributed by atoms with Crippen molar-refractivity contribution in [1.29, 1.82) is 0 Å². The zero-order valence-electron chi connectivity index (χ0n) is 17.1. The number of nitrogens with one attached hydrogen (secondary N) is 1. The van der Waals surface area contributed by atoms with Crippen LogP contribution in [-0.2, 0) is 23.3 Å². The molecule has 3 aliphatic rings. The molecule has 0 radical (unpaired) electrons. The highest BCUT2D eigenvalue weighted by Crippen LogP contribution is 2.53. The lowest BCUT2D eigenvalue weighted by Gasteiger charge is -2.35. The number of rotatable bonds is 4. The van der Waals surface area contributed by atoms with Crippen LogP contribution in [-0.4, -0.2) is 44.2 Å². The average molecular weight is 409 g/mol. The van der Waals surface area contributed by atoms with Crippen molar-refractivity contribution in [3.05, 3.63) is 47.3 Å². The number of fused-ring (bicyclic) bond motifs is 2. The molecule has 1 spiro atoms. The second-order valence-corrected chi connectivity index (χ2v) is 9.11. The highest BCUT2D eigenvalue weighted by atomic mass is 16.3. The third-order valence-electron chi connectivity index (χ3n) is 6.82. The average Bonchev–Trinajstić information content (AvgIpc) is 3.35. The maximum Gasteiger partial charge on any atom is 0.257 e. The molecule has 2 aliphatic carbocycles. The van der Waals surface area contributed by atoms with E-state index in [1.165, 1.54) is 24.8 Å². The van der Waals surface area contributed by atoms with Crippen LogP contribution in [0.4, 0.5) is 0 Å². The first kappa shape index (κ1) is 19.2. The SMILES string of the molecule is O=C(Cn1cc(C(=O)N2Cc3ccc(O)cc3C3(CC3)C2)cn1)NC1CCCCC1. The molecule has 1 aromatic carbocycles. The first-order chi connectivity index (χ1) is 14.5. The molecule has 7 heteroatoms. The highest BCUT2D eigenvalue weighted by molar-refractivity contribution is 5.94. The predicted molar refractivity (Wildman–Crippen MR) is 111 cm³/mol. The first-order valence-electron chi connectivity index (χ1n) is 11.0. The first-order valence-corrected chi connectivity index (χ1v) is 11.0. The Balaban J connectivity index is 1.25. The van der Waals surface area contributed by atoms with Gasteiger partial charge in [-0.05, 0) is 48.9 Å². The fourth-order valence-electron chi connectivity index (χ4n) is 5.04. The van der Waals surface area contributed by atoms with Gasteiger partial charge in [0.1, 0.15) is 12.3 Å². The number of carbonyl (C=O) groups excluding carboxylic acids is 2. The van der Waals surface area contributed by atoms with Gasteiger partial charge in [-0.25, -0.2) is 0 Å². The van der Waals surface area contributed by atoms with E-state index in [0.717, 1.165) is 31.2 Å². The largest absolute Gasteiger partial charge is 0.508 e. The Bertz CT molecular complexity index is 973. The maximum atomic E-state index is 13.1. The molecule has 2 amide bonds. The molecule has 0 unspecified atom stereocenters. The summed E-state index contributed by atoms with van der Waals surface area (Å²) in [7, 11) is 0. The van der Waals surface area contributed by atoms with E-state index in [0.29, 0.717) is 18.7 Å². The minimum atomic E-state index is -0.0565. The lowest BCUT2D eigenvalue weighted by atomic mass is 9.86. The van der Waals surface area contributed by atoms with E-state index in [2.05, 4.69) is 10.4 Å². The van der Waals surface area contributed by atoms with Gasteiger partial charge in [0.15, 0.2) is 0 Å². The molecule has 2 aromatic rings. The van der Waals surface area contributed by atoms with Crippen LogP contribution in [0, 0.1) is 0 Å². The normalized spacial score (nSPS) is 20.1. The lowest BCUT2D eigenvalue weighted by molar-refractivity contribution is -0.122. The summed E-state index contributed by atoms with van der Waals surface area (Å²) in [6.07, 6.45) is 11.0. The van der Waals surface area contributed by atoms with Crippen molar-refractivity contribution in [2.45, 2.75) is 69.5 Å². The van der Waals surface area contributed by atoms with Gasteiger partial charge in [0.2, 0.25) is 5.91 Å². The Kier molecular flexibility index (Phi) is 4.76. The van der Waals surface area contributed by atoms with E-state index >= 15 is 0 Å². The third-order valence-corrected chi connectivity index (χ3v) is 6.82. The van der Waals surface area contributed by atoms with Crippen LogP contribution in [0.3, 0.4) is 0 Å². The molecule has 1 aromatic heterocycles. The van der Waals surface area contributed by atoms with Gasteiger partial charge in [0.25, 0.3) is 5.91 Å². The number of amides is 2. The summed E-state index contributed by atoms with van der Waals surface area (Å²) in [5.41, 5.74) is 2.78. The van der Waals surface area contributed by atoms with Crippen LogP contribution in [0.15, 0.2) is 30.6 Å². The summed E-state index contributed by atoms with van der Waals surface area (Å²) in [5, 5.41) is 17.2. The van der Waals surface area contributed by atoms with Crippen molar-refractivity contribution < 1.29 is 14.7 Å². The minimum absolute atomic E-state index is 0.0160. The molecule has 7 nitrogen and oxygen atoms in total. The van der Waals surface area contributed by atoms with Crippen LogP contribution in [0.2, 0.25) is 0 Å². The van der Waals surface area contributed by atoms with Crippen LogP contribution < -0.4 is 5.32 Å². The Morgan fingerprint density at radius 3 is 2.77 bits per heavy atom. The van der Waals surface area contributed by atoms with E-state index in [1.54, 1.807) is 23.1 Å².